The molecular formula is C14H15NO3. The molecule has 0 bridgehead atoms. The minimum atomic E-state index is -0.117. The van der Waals surface area contributed by atoms with Gasteiger partial charge in [0.05, 0.1) is 7.11 Å². The molecule has 0 aliphatic rings. The molecule has 1 heterocycles. The Bertz CT molecular complexity index is 590. The molecule has 4 nitrogen and oxygen atoms in total. The number of aromatic amines is 1. The normalized spacial score (nSPS) is 10.1. The molecule has 94 valence electrons. The lowest BCUT2D eigenvalue weighted by Crippen LogP contribution is -2.08. The first-order valence-electron chi connectivity index (χ1n) is 5.64. The highest BCUT2D eigenvalue weighted by Gasteiger charge is 2.02. The van der Waals surface area contributed by atoms with Gasteiger partial charge in [0.15, 0.2) is 5.75 Å². The molecule has 0 saturated heterocycles. The summed E-state index contributed by atoms with van der Waals surface area (Å²) in [7, 11) is 1.62. The number of ether oxygens (including phenoxy) is 2. The topological polar surface area (TPSA) is 51.3 Å². The van der Waals surface area contributed by atoms with Crippen molar-refractivity contribution in [2.75, 3.05) is 7.11 Å². The predicted molar refractivity (Wildman–Crippen MR) is 69.1 cm³/mol. The SMILES string of the molecule is COc1cccc(COc2c[nH]c(C)cc2=O)c1. The Balaban J connectivity index is 2.09. The summed E-state index contributed by atoms with van der Waals surface area (Å²) in [6, 6.07) is 9.06. The maximum Gasteiger partial charge on any atom is 0.223 e. The van der Waals surface area contributed by atoms with Crippen LogP contribution < -0.4 is 14.9 Å². The van der Waals surface area contributed by atoms with Crippen molar-refractivity contribution in [1.29, 1.82) is 0 Å². The van der Waals surface area contributed by atoms with Crippen LogP contribution >= 0.6 is 0 Å². The molecule has 4 heteroatoms. The minimum Gasteiger partial charge on any atom is -0.497 e. The largest absolute Gasteiger partial charge is 0.497 e. The summed E-state index contributed by atoms with van der Waals surface area (Å²) in [6.45, 7) is 2.16. The quantitative estimate of drug-likeness (QED) is 0.899. The average Bonchev–Trinajstić information content (AvgIpc) is 2.38. The molecule has 0 spiro atoms. The number of methoxy groups -OCH3 is 1. The lowest BCUT2D eigenvalue weighted by atomic mass is 10.2. The molecule has 0 saturated carbocycles. The van der Waals surface area contributed by atoms with E-state index < -0.39 is 0 Å². The first-order chi connectivity index (χ1) is 8.69. The van der Waals surface area contributed by atoms with Gasteiger partial charge in [-0.05, 0) is 24.6 Å². The molecule has 0 unspecified atom stereocenters. The van der Waals surface area contributed by atoms with E-state index in [1.165, 1.54) is 6.07 Å². The summed E-state index contributed by atoms with van der Waals surface area (Å²) in [5.41, 5.74) is 1.65. The number of aryl methyl sites for hydroxylation is 1. The molecule has 0 atom stereocenters. The lowest BCUT2D eigenvalue weighted by molar-refractivity contribution is 0.301. The molecule has 1 aromatic carbocycles. The van der Waals surface area contributed by atoms with Gasteiger partial charge in [0.25, 0.3) is 0 Å². The molecule has 18 heavy (non-hydrogen) atoms. The first kappa shape index (κ1) is 12.2. The van der Waals surface area contributed by atoms with E-state index in [9.17, 15) is 4.79 Å². The highest BCUT2D eigenvalue weighted by Crippen LogP contribution is 2.14. The second-order valence-electron chi connectivity index (χ2n) is 3.98. The van der Waals surface area contributed by atoms with Gasteiger partial charge in [-0.1, -0.05) is 12.1 Å². The second-order valence-corrected chi connectivity index (χ2v) is 3.98. The molecular weight excluding hydrogens is 230 g/mol. The summed E-state index contributed by atoms with van der Waals surface area (Å²) < 4.78 is 10.6. The summed E-state index contributed by atoms with van der Waals surface area (Å²) in [5.74, 6) is 1.09. The van der Waals surface area contributed by atoms with Gasteiger partial charge < -0.3 is 14.5 Å². The Labute approximate surface area is 105 Å². The van der Waals surface area contributed by atoms with Crippen LogP contribution in [0.2, 0.25) is 0 Å². The molecule has 0 aliphatic carbocycles. The summed E-state index contributed by atoms with van der Waals surface area (Å²) in [5, 5.41) is 0. The van der Waals surface area contributed by atoms with Crippen LogP contribution in [-0.2, 0) is 6.61 Å². The molecule has 0 aliphatic heterocycles. The van der Waals surface area contributed by atoms with E-state index in [0.717, 1.165) is 17.0 Å². The predicted octanol–water partition coefficient (Wildman–Crippen LogP) is 2.27. The van der Waals surface area contributed by atoms with Crippen LogP contribution in [0.25, 0.3) is 0 Å². The van der Waals surface area contributed by atoms with Crippen LogP contribution in [0, 0.1) is 6.92 Å². The molecule has 2 aromatic rings. The fraction of sp³-hybridized carbons (Fsp3) is 0.214. The number of hydrogen-bond acceptors (Lipinski definition) is 3. The van der Waals surface area contributed by atoms with Gasteiger partial charge in [-0.2, -0.15) is 0 Å². The molecule has 0 radical (unpaired) electrons. The third-order valence-electron chi connectivity index (χ3n) is 2.55. The summed E-state index contributed by atoms with van der Waals surface area (Å²) in [6.07, 6.45) is 1.58. The summed E-state index contributed by atoms with van der Waals surface area (Å²) >= 11 is 0. The number of aromatic nitrogens is 1. The van der Waals surface area contributed by atoms with Crippen LogP contribution in [0.15, 0.2) is 41.3 Å². The van der Waals surface area contributed by atoms with E-state index in [1.807, 2.05) is 31.2 Å². The molecule has 1 N–H and O–H groups in total. The van der Waals surface area contributed by atoms with E-state index in [2.05, 4.69) is 4.98 Å². The third-order valence-corrected chi connectivity index (χ3v) is 2.55. The molecule has 0 fully saturated rings. The number of hydrogen-bond donors (Lipinski definition) is 1. The Morgan fingerprint density at radius 2 is 2.11 bits per heavy atom. The fourth-order valence-corrected chi connectivity index (χ4v) is 1.60. The monoisotopic (exact) mass is 245 g/mol. The molecule has 2 rings (SSSR count). The van der Waals surface area contributed by atoms with E-state index in [4.69, 9.17) is 9.47 Å². The molecule has 1 aromatic heterocycles. The zero-order valence-corrected chi connectivity index (χ0v) is 10.4. The lowest BCUT2D eigenvalue weighted by Gasteiger charge is -2.07. The smallest absolute Gasteiger partial charge is 0.223 e. The third kappa shape index (κ3) is 2.91. The number of rotatable bonds is 4. The Morgan fingerprint density at radius 1 is 1.28 bits per heavy atom. The number of H-pyrrole nitrogens is 1. The van der Waals surface area contributed by atoms with Crippen LogP contribution in [0.3, 0.4) is 0 Å². The highest BCUT2D eigenvalue weighted by molar-refractivity contribution is 5.28. The minimum absolute atomic E-state index is 0.117. The first-order valence-corrected chi connectivity index (χ1v) is 5.64. The maximum absolute atomic E-state index is 11.6. The Hall–Kier alpha value is -2.23. The number of nitrogens with one attached hydrogen (secondary N) is 1. The van der Waals surface area contributed by atoms with Crippen molar-refractivity contribution in [3.05, 3.63) is 58.0 Å². The van der Waals surface area contributed by atoms with E-state index in [0.29, 0.717) is 12.4 Å². The zero-order chi connectivity index (χ0) is 13.0. The van der Waals surface area contributed by atoms with Crippen molar-refractivity contribution in [1.82, 2.24) is 4.98 Å². The van der Waals surface area contributed by atoms with Gasteiger partial charge in [-0.15, -0.1) is 0 Å². The van der Waals surface area contributed by atoms with Crippen molar-refractivity contribution in [2.45, 2.75) is 13.5 Å². The second kappa shape index (κ2) is 5.40. The van der Waals surface area contributed by atoms with Gasteiger partial charge in [-0.25, -0.2) is 0 Å². The Kier molecular flexibility index (Phi) is 3.67. The van der Waals surface area contributed by atoms with Crippen LogP contribution in [0.5, 0.6) is 11.5 Å². The zero-order valence-electron chi connectivity index (χ0n) is 10.4. The maximum atomic E-state index is 11.6. The highest BCUT2D eigenvalue weighted by atomic mass is 16.5. The van der Waals surface area contributed by atoms with Crippen molar-refractivity contribution >= 4 is 0 Å². The van der Waals surface area contributed by atoms with Gasteiger partial charge in [0.1, 0.15) is 12.4 Å². The van der Waals surface area contributed by atoms with Gasteiger partial charge in [0, 0.05) is 18.0 Å². The van der Waals surface area contributed by atoms with Gasteiger partial charge in [-0.3, -0.25) is 4.79 Å². The summed E-state index contributed by atoms with van der Waals surface area (Å²) in [4.78, 5) is 14.6. The van der Waals surface area contributed by atoms with E-state index >= 15 is 0 Å². The van der Waals surface area contributed by atoms with Crippen LogP contribution in [0.1, 0.15) is 11.3 Å². The van der Waals surface area contributed by atoms with Crippen LogP contribution in [0.4, 0.5) is 0 Å². The van der Waals surface area contributed by atoms with Gasteiger partial charge in [0.2, 0.25) is 5.43 Å². The Morgan fingerprint density at radius 3 is 2.83 bits per heavy atom. The number of benzene rings is 1. The van der Waals surface area contributed by atoms with Crippen LogP contribution in [-0.4, -0.2) is 12.1 Å². The van der Waals surface area contributed by atoms with Crippen molar-refractivity contribution in [3.8, 4) is 11.5 Å². The standard InChI is InChI=1S/C14H15NO3/c1-10-6-13(16)14(8-15-10)18-9-11-4-3-5-12(7-11)17-2/h3-8H,9H2,1-2H3,(H,15,16). The van der Waals surface area contributed by atoms with Crippen molar-refractivity contribution < 1.29 is 9.47 Å². The van der Waals surface area contributed by atoms with Crippen molar-refractivity contribution in [2.24, 2.45) is 0 Å². The van der Waals surface area contributed by atoms with E-state index in [1.54, 1.807) is 13.3 Å². The van der Waals surface area contributed by atoms with Gasteiger partial charge >= 0.3 is 0 Å². The van der Waals surface area contributed by atoms with E-state index in [-0.39, 0.29) is 5.43 Å². The molecule has 0 amide bonds. The number of pyridine rings is 1. The van der Waals surface area contributed by atoms with Crippen molar-refractivity contribution in [3.63, 3.8) is 0 Å². The average molecular weight is 245 g/mol. The fourth-order valence-electron chi connectivity index (χ4n) is 1.60.